The Labute approximate surface area is 153 Å². The summed E-state index contributed by atoms with van der Waals surface area (Å²) >= 11 is 0. The van der Waals surface area contributed by atoms with E-state index in [1.165, 1.54) is 12.8 Å². The van der Waals surface area contributed by atoms with Gasteiger partial charge in [-0.05, 0) is 49.6 Å². The highest BCUT2D eigenvalue weighted by molar-refractivity contribution is 6.06. The number of hydrogen-bond donors (Lipinski definition) is 1. The van der Waals surface area contributed by atoms with Crippen molar-refractivity contribution in [3.05, 3.63) is 59.4 Å². The third kappa shape index (κ3) is 3.12. The molecule has 132 valence electrons. The molecule has 0 spiro atoms. The van der Waals surface area contributed by atoms with E-state index in [0.29, 0.717) is 11.3 Å². The Morgan fingerprint density at radius 3 is 2.31 bits per heavy atom. The highest BCUT2D eigenvalue weighted by Crippen LogP contribution is 2.24. The minimum Gasteiger partial charge on any atom is -0.341 e. The molecule has 1 saturated heterocycles. The zero-order valence-electron chi connectivity index (χ0n) is 15.1. The number of carbonyl (C=O) groups excluding carboxylic acids is 1. The Morgan fingerprint density at radius 2 is 1.62 bits per heavy atom. The summed E-state index contributed by atoms with van der Waals surface area (Å²) in [4.78, 5) is 24.2. The summed E-state index contributed by atoms with van der Waals surface area (Å²) in [5.74, 6) is 0.626. The topological polar surface area (TPSA) is 58.1 Å². The molecular formula is C21H22N4O. The van der Waals surface area contributed by atoms with E-state index in [4.69, 9.17) is 0 Å². The number of hydrogen-bond acceptors (Lipinski definition) is 4. The number of aryl methyl sites for hydroxylation is 2. The van der Waals surface area contributed by atoms with E-state index in [9.17, 15) is 4.79 Å². The van der Waals surface area contributed by atoms with Crippen molar-refractivity contribution in [1.29, 1.82) is 0 Å². The van der Waals surface area contributed by atoms with Gasteiger partial charge in [-0.25, -0.2) is 9.97 Å². The highest BCUT2D eigenvalue weighted by atomic mass is 16.1. The van der Waals surface area contributed by atoms with Crippen molar-refractivity contribution in [2.24, 2.45) is 0 Å². The molecule has 0 bridgehead atoms. The number of nitrogens with zero attached hydrogens (tertiary/aromatic N) is 3. The van der Waals surface area contributed by atoms with Gasteiger partial charge >= 0.3 is 0 Å². The first-order chi connectivity index (χ1) is 12.6. The van der Waals surface area contributed by atoms with E-state index in [1.54, 1.807) is 0 Å². The van der Waals surface area contributed by atoms with Crippen LogP contribution in [0.4, 0.5) is 11.6 Å². The van der Waals surface area contributed by atoms with Gasteiger partial charge in [0.05, 0.1) is 17.1 Å². The molecule has 2 aromatic carbocycles. The summed E-state index contributed by atoms with van der Waals surface area (Å²) in [6.07, 6.45) is 2.36. The molecule has 5 nitrogen and oxygen atoms in total. The molecule has 2 heterocycles. The molecule has 0 saturated carbocycles. The first kappa shape index (κ1) is 16.5. The predicted octanol–water partition coefficient (Wildman–Crippen LogP) is 4.10. The van der Waals surface area contributed by atoms with Gasteiger partial charge in [0.25, 0.3) is 5.91 Å². The third-order valence-corrected chi connectivity index (χ3v) is 4.90. The minimum atomic E-state index is -0.139. The lowest BCUT2D eigenvalue weighted by molar-refractivity contribution is 0.102. The number of amides is 1. The summed E-state index contributed by atoms with van der Waals surface area (Å²) in [5.41, 5.74) is 2.93. The molecule has 1 fully saturated rings. The van der Waals surface area contributed by atoms with Crippen LogP contribution < -0.4 is 10.2 Å². The van der Waals surface area contributed by atoms with Crippen LogP contribution in [0.5, 0.6) is 0 Å². The maximum Gasteiger partial charge on any atom is 0.255 e. The van der Waals surface area contributed by atoms with Crippen LogP contribution >= 0.6 is 0 Å². The Kier molecular flexibility index (Phi) is 4.29. The van der Waals surface area contributed by atoms with Crippen molar-refractivity contribution in [3.8, 4) is 0 Å². The summed E-state index contributed by atoms with van der Waals surface area (Å²) in [5, 5.41) is 5.17. The molecule has 1 aromatic heterocycles. The van der Waals surface area contributed by atoms with Crippen LogP contribution in [0.3, 0.4) is 0 Å². The van der Waals surface area contributed by atoms with E-state index in [2.05, 4.69) is 20.2 Å². The lowest BCUT2D eigenvalue weighted by Crippen LogP contribution is -2.22. The highest BCUT2D eigenvalue weighted by Gasteiger charge is 2.18. The van der Waals surface area contributed by atoms with Gasteiger partial charge in [0.2, 0.25) is 5.95 Å². The number of nitrogens with one attached hydrogen (secondary N) is 1. The van der Waals surface area contributed by atoms with Crippen LogP contribution in [-0.2, 0) is 0 Å². The zero-order chi connectivity index (χ0) is 18.1. The number of fused-ring (bicyclic) bond motifs is 1. The Hall–Kier alpha value is -2.95. The zero-order valence-corrected chi connectivity index (χ0v) is 15.1. The van der Waals surface area contributed by atoms with Gasteiger partial charge in [-0.3, -0.25) is 4.79 Å². The molecule has 1 amide bonds. The average molecular weight is 346 g/mol. The largest absolute Gasteiger partial charge is 0.341 e. The maximum absolute atomic E-state index is 12.7. The normalized spacial score (nSPS) is 14.0. The van der Waals surface area contributed by atoms with Crippen LogP contribution in [0.1, 0.15) is 34.6 Å². The molecule has 0 unspecified atom stereocenters. The molecule has 3 aromatic rings. The number of benzene rings is 2. The summed E-state index contributed by atoms with van der Waals surface area (Å²) in [7, 11) is 0. The smallest absolute Gasteiger partial charge is 0.255 e. The third-order valence-electron chi connectivity index (χ3n) is 4.90. The fourth-order valence-corrected chi connectivity index (χ4v) is 3.45. The Morgan fingerprint density at radius 1 is 0.962 bits per heavy atom. The number of carbonyl (C=O) groups is 1. The van der Waals surface area contributed by atoms with Gasteiger partial charge < -0.3 is 10.2 Å². The molecular weight excluding hydrogens is 324 g/mol. The molecule has 1 aliphatic heterocycles. The van der Waals surface area contributed by atoms with Gasteiger partial charge in [0, 0.05) is 18.7 Å². The second-order valence-corrected chi connectivity index (χ2v) is 6.78. The van der Waals surface area contributed by atoms with Crippen molar-refractivity contribution in [3.63, 3.8) is 0 Å². The summed E-state index contributed by atoms with van der Waals surface area (Å²) in [6, 6.07) is 13.7. The number of anilines is 2. The molecule has 1 N–H and O–H groups in total. The fraction of sp³-hybridized carbons (Fsp3) is 0.286. The first-order valence-corrected chi connectivity index (χ1v) is 9.02. The monoisotopic (exact) mass is 346 g/mol. The second-order valence-electron chi connectivity index (χ2n) is 6.78. The SMILES string of the molecule is Cc1nc(N2CCCC2)nc(C)c1NC(=O)c1ccc2ccccc2c1. The number of rotatable bonds is 3. The van der Waals surface area contributed by atoms with Crippen LogP contribution in [0.15, 0.2) is 42.5 Å². The maximum atomic E-state index is 12.7. The van der Waals surface area contributed by atoms with Crippen LogP contribution in [0, 0.1) is 13.8 Å². The van der Waals surface area contributed by atoms with Crippen molar-refractivity contribution in [2.45, 2.75) is 26.7 Å². The van der Waals surface area contributed by atoms with Crippen LogP contribution in [-0.4, -0.2) is 29.0 Å². The predicted molar refractivity (Wildman–Crippen MR) is 105 cm³/mol. The Balaban J connectivity index is 1.60. The minimum absolute atomic E-state index is 0.139. The molecule has 0 aliphatic carbocycles. The lowest BCUT2D eigenvalue weighted by Gasteiger charge is -2.18. The van der Waals surface area contributed by atoms with Crippen LogP contribution in [0.25, 0.3) is 10.8 Å². The lowest BCUT2D eigenvalue weighted by atomic mass is 10.1. The van der Waals surface area contributed by atoms with Gasteiger partial charge in [-0.2, -0.15) is 0 Å². The molecule has 26 heavy (non-hydrogen) atoms. The van der Waals surface area contributed by atoms with Crippen molar-refractivity contribution >= 4 is 28.3 Å². The average Bonchev–Trinajstić information content (AvgIpc) is 3.18. The van der Waals surface area contributed by atoms with Gasteiger partial charge in [-0.15, -0.1) is 0 Å². The van der Waals surface area contributed by atoms with Crippen molar-refractivity contribution in [2.75, 3.05) is 23.3 Å². The molecule has 1 aliphatic rings. The molecule has 0 radical (unpaired) electrons. The molecule has 0 atom stereocenters. The quantitative estimate of drug-likeness (QED) is 0.776. The molecule has 4 rings (SSSR count). The van der Waals surface area contributed by atoms with Crippen LogP contribution in [0.2, 0.25) is 0 Å². The van der Waals surface area contributed by atoms with Gasteiger partial charge in [0.15, 0.2) is 0 Å². The van der Waals surface area contributed by atoms with Gasteiger partial charge in [0.1, 0.15) is 0 Å². The summed E-state index contributed by atoms with van der Waals surface area (Å²) in [6.45, 7) is 5.85. The van der Waals surface area contributed by atoms with E-state index < -0.39 is 0 Å². The van der Waals surface area contributed by atoms with E-state index in [1.807, 2.05) is 56.3 Å². The summed E-state index contributed by atoms with van der Waals surface area (Å²) < 4.78 is 0. The van der Waals surface area contributed by atoms with Gasteiger partial charge in [-0.1, -0.05) is 30.3 Å². The van der Waals surface area contributed by atoms with E-state index in [0.717, 1.165) is 41.2 Å². The number of aromatic nitrogens is 2. The first-order valence-electron chi connectivity index (χ1n) is 9.02. The van der Waals surface area contributed by atoms with E-state index in [-0.39, 0.29) is 5.91 Å². The standard InChI is InChI=1S/C21H22N4O/c1-14-19(15(2)23-21(22-14)25-11-5-6-12-25)24-20(26)18-10-9-16-7-3-4-8-17(16)13-18/h3-4,7-10,13H,5-6,11-12H2,1-2H3,(H,24,26). The van der Waals surface area contributed by atoms with Crippen molar-refractivity contribution < 1.29 is 4.79 Å². The fourth-order valence-electron chi connectivity index (χ4n) is 3.45. The van der Waals surface area contributed by atoms with Crippen molar-refractivity contribution in [1.82, 2.24) is 9.97 Å². The van der Waals surface area contributed by atoms with E-state index >= 15 is 0 Å². The second kappa shape index (κ2) is 6.75. The Bertz CT molecular complexity index is 954. The molecule has 5 heteroatoms.